The monoisotopic (exact) mass is 392 g/mol. The normalized spacial score (nSPS) is 32.6. The highest BCUT2D eigenvalue weighted by atomic mass is 16.5. The molecule has 0 unspecified atom stereocenters. The third-order valence-corrected chi connectivity index (χ3v) is 6.76. The molecule has 0 aliphatic carbocycles. The minimum Gasteiger partial charge on any atom is -0.497 e. The van der Waals surface area contributed by atoms with Gasteiger partial charge in [0.1, 0.15) is 23.1 Å². The zero-order valence-electron chi connectivity index (χ0n) is 16.7. The number of hydrogen-bond donors (Lipinski definition) is 1. The van der Waals surface area contributed by atoms with Crippen LogP contribution in [0.2, 0.25) is 0 Å². The second kappa shape index (κ2) is 6.24. The molecule has 3 aliphatic rings. The van der Waals surface area contributed by atoms with Crippen LogP contribution in [0.1, 0.15) is 36.9 Å². The van der Waals surface area contributed by atoms with Crippen molar-refractivity contribution >= 4 is 11.8 Å². The van der Waals surface area contributed by atoms with Crippen molar-refractivity contribution in [2.24, 2.45) is 5.92 Å². The fraction of sp³-hybridized carbons (Fsp3) is 0.391. The molecule has 2 aromatic rings. The molecule has 0 spiro atoms. The summed E-state index contributed by atoms with van der Waals surface area (Å²) < 4.78 is 11.5. The van der Waals surface area contributed by atoms with Gasteiger partial charge in [-0.2, -0.15) is 0 Å². The molecular formula is C23H24N2O4. The first kappa shape index (κ1) is 18.0. The maximum atomic E-state index is 13.4. The van der Waals surface area contributed by atoms with Gasteiger partial charge in [0.25, 0.3) is 0 Å². The summed E-state index contributed by atoms with van der Waals surface area (Å²) in [5.74, 6) is 1.06. The third-order valence-electron chi connectivity index (χ3n) is 6.76. The van der Waals surface area contributed by atoms with Gasteiger partial charge in [-0.25, -0.2) is 0 Å². The number of carbonyl (C=O) groups is 2. The first-order valence-electron chi connectivity index (χ1n) is 9.96. The highest BCUT2D eigenvalue weighted by molar-refractivity contribution is 6.01. The Balaban J connectivity index is 1.74. The van der Waals surface area contributed by atoms with Gasteiger partial charge in [-0.05, 0) is 37.6 Å². The summed E-state index contributed by atoms with van der Waals surface area (Å²) in [6, 6.07) is 14.9. The van der Waals surface area contributed by atoms with Crippen LogP contribution in [0.25, 0.3) is 0 Å². The van der Waals surface area contributed by atoms with E-state index in [4.69, 9.17) is 9.47 Å². The Bertz CT molecular complexity index is 992. The number of nitrogens with one attached hydrogen (secondary N) is 1. The number of benzene rings is 2. The molecule has 6 nitrogen and oxygen atoms in total. The van der Waals surface area contributed by atoms with Crippen LogP contribution in [0.15, 0.2) is 48.5 Å². The maximum Gasteiger partial charge on any atom is 0.247 e. The topological polar surface area (TPSA) is 67.9 Å². The summed E-state index contributed by atoms with van der Waals surface area (Å²) in [4.78, 5) is 28.6. The molecule has 6 heteroatoms. The van der Waals surface area contributed by atoms with E-state index in [-0.39, 0.29) is 29.7 Å². The van der Waals surface area contributed by atoms with E-state index in [2.05, 4.69) is 5.32 Å². The van der Waals surface area contributed by atoms with Crippen LogP contribution in [0.3, 0.4) is 0 Å². The maximum absolute atomic E-state index is 13.4. The van der Waals surface area contributed by atoms with Gasteiger partial charge in [0.2, 0.25) is 11.8 Å². The van der Waals surface area contributed by atoms with Crippen molar-refractivity contribution in [2.75, 3.05) is 13.7 Å². The summed E-state index contributed by atoms with van der Waals surface area (Å²) in [6.45, 7) is 4.09. The number of carbonyl (C=O) groups excluding carboxylic acids is 2. The van der Waals surface area contributed by atoms with Gasteiger partial charge in [-0.15, -0.1) is 0 Å². The Morgan fingerprint density at radius 3 is 2.66 bits per heavy atom. The van der Waals surface area contributed by atoms with E-state index < -0.39 is 11.6 Å². The molecule has 3 heterocycles. The van der Waals surface area contributed by atoms with Crippen molar-refractivity contribution in [1.82, 2.24) is 10.2 Å². The van der Waals surface area contributed by atoms with Gasteiger partial charge in [0, 0.05) is 17.4 Å². The molecule has 1 N–H and O–H groups in total. The first-order valence-corrected chi connectivity index (χ1v) is 9.96. The molecule has 0 aromatic heterocycles. The van der Waals surface area contributed by atoms with E-state index in [9.17, 15) is 9.59 Å². The minimum absolute atomic E-state index is 0.0398. The molecule has 150 valence electrons. The number of ether oxygens (including phenoxy) is 2. The minimum atomic E-state index is -0.992. The Labute approximate surface area is 169 Å². The van der Waals surface area contributed by atoms with Gasteiger partial charge in [-0.1, -0.05) is 30.3 Å². The fourth-order valence-electron chi connectivity index (χ4n) is 5.45. The van der Waals surface area contributed by atoms with Gasteiger partial charge in [-0.3, -0.25) is 9.59 Å². The summed E-state index contributed by atoms with van der Waals surface area (Å²) in [5.41, 5.74) is 0.953. The van der Waals surface area contributed by atoms with E-state index in [1.54, 1.807) is 14.0 Å². The van der Waals surface area contributed by atoms with Crippen LogP contribution in [-0.2, 0) is 9.59 Å². The third kappa shape index (κ3) is 2.35. The van der Waals surface area contributed by atoms with Crippen molar-refractivity contribution in [3.05, 3.63) is 59.7 Å². The summed E-state index contributed by atoms with van der Waals surface area (Å²) in [6.07, 6.45) is 0. The summed E-state index contributed by atoms with van der Waals surface area (Å²) in [5, 5.41) is 2.90. The van der Waals surface area contributed by atoms with Crippen molar-refractivity contribution in [2.45, 2.75) is 37.4 Å². The second-order valence-electron chi connectivity index (χ2n) is 8.26. The summed E-state index contributed by atoms with van der Waals surface area (Å²) >= 11 is 0. The largest absolute Gasteiger partial charge is 0.497 e. The lowest BCUT2D eigenvalue weighted by Crippen LogP contribution is -2.68. The Hall–Kier alpha value is -3.02. The van der Waals surface area contributed by atoms with E-state index >= 15 is 0 Å². The second-order valence-corrected chi connectivity index (χ2v) is 8.26. The van der Waals surface area contributed by atoms with Crippen LogP contribution in [0.5, 0.6) is 11.5 Å². The number of methoxy groups -OCH3 is 1. The highest BCUT2D eigenvalue weighted by Gasteiger charge is 2.66. The molecule has 0 bridgehead atoms. The predicted octanol–water partition coefficient (Wildman–Crippen LogP) is 2.65. The molecule has 2 aromatic carbocycles. The Kier molecular flexibility index (Phi) is 3.88. The van der Waals surface area contributed by atoms with E-state index in [1.165, 1.54) is 0 Å². The van der Waals surface area contributed by atoms with Gasteiger partial charge in [0.15, 0.2) is 0 Å². The Morgan fingerprint density at radius 2 is 1.93 bits per heavy atom. The van der Waals surface area contributed by atoms with Crippen molar-refractivity contribution in [1.29, 1.82) is 0 Å². The lowest BCUT2D eigenvalue weighted by Gasteiger charge is -2.45. The van der Waals surface area contributed by atoms with Crippen LogP contribution in [-0.4, -0.2) is 42.0 Å². The van der Waals surface area contributed by atoms with Crippen molar-refractivity contribution in [3.8, 4) is 11.5 Å². The number of amides is 2. The van der Waals surface area contributed by atoms with Crippen LogP contribution >= 0.6 is 0 Å². The number of rotatable bonds is 2. The molecule has 3 aliphatic heterocycles. The molecule has 29 heavy (non-hydrogen) atoms. The highest BCUT2D eigenvalue weighted by Crippen LogP contribution is 2.59. The molecule has 5 rings (SSSR count). The number of piperazine rings is 1. The number of hydrogen-bond acceptors (Lipinski definition) is 4. The SMILES string of the molecule is COc1ccc2c(c1)[C@H]1[C@H](CO2)[C@H](c2ccccc2)[C@@]2(C)C(=O)N[C@H](C)C(=O)N12. The van der Waals surface area contributed by atoms with Crippen molar-refractivity contribution < 1.29 is 19.1 Å². The standard InChI is InChI=1S/C23H24N2O4/c1-13-21(26)25-20-16-11-15(28-3)9-10-18(16)29-12-17(20)19(14-7-5-4-6-8-14)23(25,2)22(27)24-13/h4-11,13,17,19-20H,12H2,1-3H3,(H,24,27)/t13-,17-,19+,20+,23+/m1/s1. The van der Waals surface area contributed by atoms with Gasteiger partial charge in [0.05, 0.1) is 19.8 Å². The van der Waals surface area contributed by atoms with E-state index in [0.29, 0.717) is 12.4 Å². The van der Waals surface area contributed by atoms with Crippen LogP contribution in [0, 0.1) is 5.92 Å². The number of nitrogens with zero attached hydrogens (tertiary/aromatic N) is 1. The average Bonchev–Trinajstić information content (AvgIpc) is 3.02. The lowest BCUT2D eigenvalue weighted by atomic mass is 9.73. The molecular weight excluding hydrogens is 368 g/mol. The zero-order valence-corrected chi connectivity index (χ0v) is 16.7. The fourth-order valence-corrected chi connectivity index (χ4v) is 5.45. The quantitative estimate of drug-likeness (QED) is 0.853. The van der Waals surface area contributed by atoms with E-state index in [1.807, 2.05) is 60.4 Å². The van der Waals surface area contributed by atoms with Gasteiger partial charge < -0.3 is 19.7 Å². The van der Waals surface area contributed by atoms with Crippen LogP contribution < -0.4 is 14.8 Å². The van der Waals surface area contributed by atoms with Crippen LogP contribution in [0.4, 0.5) is 0 Å². The zero-order chi connectivity index (χ0) is 20.3. The molecule has 2 amide bonds. The predicted molar refractivity (Wildman–Crippen MR) is 107 cm³/mol. The molecule has 2 saturated heterocycles. The molecule has 0 saturated carbocycles. The summed E-state index contributed by atoms with van der Waals surface area (Å²) in [7, 11) is 1.62. The molecule has 0 radical (unpaired) electrons. The number of fused-ring (bicyclic) bond motifs is 5. The van der Waals surface area contributed by atoms with Gasteiger partial charge >= 0.3 is 0 Å². The van der Waals surface area contributed by atoms with Crippen molar-refractivity contribution in [3.63, 3.8) is 0 Å². The smallest absolute Gasteiger partial charge is 0.247 e. The molecule has 5 atom stereocenters. The Morgan fingerprint density at radius 1 is 1.17 bits per heavy atom. The van der Waals surface area contributed by atoms with E-state index in [0.717, 1.165) is 16.9 Å². The average molecular weight is 392 g/mol. The lowest BCUT2D eigenvalue weighted by molar-refractivity contribution is -0.156. The first-order chi connectivity index (χ1) is 14.0. The molecule has 2 fully saturated rings.